The molecule has 2 unspecified atom stereocenters. The molecule has 2 saturated heterocycles. The first-order chi connectivity index (χ1) is 8.24. The van der Waals surface area contributed by atoms with E-state index in [1.807, 2.05) is 4.90 Å². The van der Waals surface area contributed by atoms with Crippen molar-refractivity contribution >= 4 is 5.91 Å². The normalized spacial score (nSPS) is 27.2. The van der Waals surface area contributed by atoms with Crippen LogP contribution >= 0.6 is 0 Å². The summed E-state index contributed by atoms with van der Waals surface area (Å²) in [7, 11) is 0. The van der Waals surface area contributed by atoms with Crippen LogP contribution in [-0.2, 0) is 0 Å². The number of fused-ring (bicyclic) bond motifs is 1. The van der Waals surface area contributed by atoms with Gasteiger partial charge in [-0.1, -0.05) is 0 Å². The van der Waals surface area contributed by atoms with Gasteiger partial charge in [0.05, 0.1) is 0 Å². The minimum absolute atomic E-state index is 0.0828. The molecule has 0 spiro atoms. The monoisotopic (exact) mass is 232 g/mol. The van der Waals surface area contributed by atoms with Gasteiger partial charge in [-0.2, -0.15) is 0 Å². The zero-order valence-electron chi connectivity index (χ0n) is 9.60. The van der Waals surface area contributed by atoms with E-state index in [1.54, 1.807) is 24.3 Å². The van der Waals surface area contributed by atoms with Crippen molar-refractivity contribution in [2.45, 2.75) is 0 Å². The molecule has 0 aromatic heterocycles. The highest BCUT2D eigenvalue weighted by atomic mass is 16.3. The van der Waals surface area contributed by atoms with E-state index in [1.165, 1.54) is 0 Å². The topological polar surface area (TPSA) is 52.6 Å². The first kappa shape index (κ1) is 10.6. The number of amides is 1. The predicted molar refractivity (Wildman–Crippen MR) is 63.9 cm³/mol. The molecule has 0 radical (unpaired) electrons. The van der Waals surface area contributed by atoms with E-state index in [4.69, 9.17) is 0 Å². The largest absolute Gasteiger partial charge is 0.508 e. The van der Waals surface area contributed by atoms with Gasteiger partial charge in [-0.3, -0.25) is 4.79 Å². The van der Waals surface area contributed by atoms with Gasteiger partial charge in [0.15, 0.2) is 0 Å². The van der Waals surface area contributed by atoms with E-state index >= 15 is 0 Å². The lowest BCUT2D eigenvalue weighted by Crippen LogP contribution is -2.31. The third kappa shape index (κ3) is 1.89. The number of carbonyl (C=O) groups excluding carboxylic acids is 1. The van der Waals surface area contributed by atoms with Crippen molar-refractivity contribution in [1.29, 1.82) is 0 Å². The van der Waals surface area contributed by atoms with Crippen LogP contribution in [0, 0.1) is 11.8 Å². The van der Waals surface area contributed by atoms with Crippen molar-refractivity contribution in [3.63, 3.8) is 0 Å². The van der Waals surface area contributed by atoms with Crippen LogP contribution in [0.3, 0.4) is 0 Å². The fourth-order valence-corrected chi connectivity index (χ4v) is 2.81. The molecule has 2 fully saturated rings. The molecule has 2 atom stereocenters. The third-order valence-corrected chi connectivity index (χ3v) is 3.79. The molecule has 2 heterocycles. The van der Waals surface area contributed by atoms with E-state index in [0.29, 0.717) is 17.4 Å². The number of likely N-dealkylation sites (tertiary alicyclic amines) is 1. The molecule has 0 bridgehead atoms. The molecule has 4 nitrogen and oxygen atoms in total. The standard InChI is InChI=1S/C13H16N2O2/c16-12-3-1-9(2-4-12)13(17)15-7-10-5-14-6-11(10)8-15/h1-4,10-11,14,16H,5-8H2. The molecule has 17 heavy (non-hydrogen) atoms. The molecular weight excluding hydrogens is 216 g/mol. The van der Waals surface area contributed by atoms with Crippen LogP contribution in [-0.4, -0.2) is 42.1 Å². The van der Waals surface area contributed by atoms with Gasteiger partial charge in [0.25, 0.3) is 5.91 Å². The van der Waals surface area contributed by atoms with Crippen molar-refractivity contribution in [2.24, 2.45) is 11.8 Å². The number of phenols is 1. The van der Waals surface area contributed by atoms with Gasteiger partial charge in [0.1, 0.15) is 5.75 Å². The molecule has 0 aliphatic carbocycles. The number of benzene rings is 1. The van der Waals surface area contributed by atoms with Gasteiger partial charge in [0, 0.05) is 31.7 Å². The Morgan fingerprint density at radius 1 is 1.18 bits per heavy atom. The summed E-state index contributed by atoms with van der Waals surface area (Å²) in [6, 6.07) is 6.49. The van der Waals surface area contributed by atoms with Crippen molar-refractivity contribution < 1.29 is 9.90 Å². The van der Waals surface area contributed by atoms with Crippen LogP contribution in [0.2, 0.25) is 0 Å². The number of phenolic OH excluding ortho intramolecular Hbond substituents is 1. The van der Waals surface area contributed by atoms with Crippen molar-refractivity contribution in [3.05, 3.63) is 29.8 Å². The summed E-state index contributed by atoms with van der Waals surface area (Å²) in [6.07, 6.45) is 0. The highest BCUT2D eigenvalue weighted by Crippen LogP contribution is 2.27. The molecule has 1 aromatic rings. The first-order valence-electron chi connectivity index (χ1n) is 6.03. The van der Waals surface area contributed by atoms with E-state index < -0.39 is 0 Å². The summed E-state index contributed by atoms with van der Waals surface area (Å²) < 4.78 is 0. The fraction of sp³-hybridized carbons (Fsp3) is 0.462. The second-order valence-corrected chi connectivity index (χ2v) is 4.94. The Morgan fingerprint density at radius 3 is 2.35 bits per heavy atom. The van der Waals surface area contributed by atoms with Gasteiger partial charge < -0.3 is 15.3 Å². The number of hydrogen-bond donors (Lipinski definition) is 2. The Morgan fingerprint density at radius 2 is 1.76 bits per heavy atom. The molecule has 0 saturated carbocycles. The zero-order chi connectivity index (χ0) is 11.8. The average Bonchev–Trinajstić information content (AvgIpc) is 2.89. The van der Waals surface area contributed by atoms with Gasteiger partial charge in [-0.05, 0) is 36.1 Å². The molecule has 90 valence electrons. The minimum atomic E-state index is 0.0828. The number of carbonyl (C=O) groups is 1. The summed E-state index contributed by atoms with van der Waals surface area (Å²) in [5.41, 5.74) is 0.663. The summed E-state index contributed by atoms with van der Waals surface area (Å²) in [4.78, 5) is 14.1. The molecule has 2 aliphatic rings. The number of hydrogen-bond acceptors (Lipinski definition) is 3. The van der Waals surface area contributed by atoms with Crippen LogP contribution in [0.15, 0.2) is 24.3 Å². The van der Waals surface area contributed by atoms with Crippen LogP contribution in [0.1, 0.15) is 10.4 Å². The van der Waals surface area contributed by atoms with Crippen molar-refractivity contribution in [2.75, 3.05) is 26.2 Å². The highest BCUT2D eigenvalue weighted by Gasteiger charge is 2.38. The first-order valence-corrected chi connectivity index (χ1v) is 6.03. The smallest absolute Gasteiger partial charge is 0.253 e. The molecular formula is C13H16N2O2. The maximum atomic E-state index is 12.2. The molecule has 2 aliphatic heterocycles. The average molecular weight is 232 g/mol. The Bertz CT molecular complexity index is 418. The van der Waals surface area contributed by atoms with E-state index in [2.05, 4.69) is 5.32 Å². The Balaban J connectivity index is 1.73. The van der Waals surface area contributed by atoms with E-state index in [-0.39, 0.29) is 11.7 Å². The molecule has 4 heteroatoms. The SMILES string of the molecule is O=C(c1ccc(O)cc1)N1CC2CNCC2C1. The Kier molecular flexibility index (Phi) is 2.52. The van der Waals surface area contributed by atoms with Gasteiger partial charge in [-0.15, -0.1) is 0 Å². The predicted octanol–water partition coefficient (Wildman–Crippen LogP) is 0.684. The molecule has 3 rings (SSSR count). The van der Waals surface area contributed by atoms with Crippen LogP contribution < -0.4 is 5.32 Å². The lowest BCUT2D eigenvalue weighted by Gasteiger charge is -2.17. The zero-order valence-corrected chi connectivity index (χ0v) is 9.60. The second kappa shape index (κ2) is 4.04. The van der Waals surface area contributed by atoms with Crippen molar-refractivity contribution in [3.8, 4) is 5.75 Å². The number of aromatic hydroxyl groups is 1. The lowest BCUT2D eigenvalue weighted by molar-refractivity contribution is 0.0781. The summed E-state index contributed by atoms with van der Waals surface area (Å²) in [6.45, 7) is 3.78. The molecule has 2 N–H and O–H groups in total. The minimum Gasteiger partial charge on any atom is -0.508 e. The number of rotatable bonds is 1. The van der Waals surface area contributed by atoms with E-state index in [9.17, 15) is 9.90 Å². The quantitative estimate of drug-likeness (QED) is 0.749. The summed E-state index contributed by atoms with van der Waals surface area (Å²) >= 11 is 0. The summed E-state index contributed by atoms with van der Waals surface area (Å²) in [5, 5.41) is 12.6. The lowest BCUT2D eigenvalue weighted by atomic mass is 10.0. The Hall–Kier alpha value is -1.55. The summed E-state index contributed by atoms with van der Waals surface area (Å²) in [5.74, 6) is 1.52. The Labute approximate surface area is 100 Å². The van der Waals surface area contributed by atoms with Crippen molar-refractivity contribution in [1.82, 2.24) is 10.2 Å². The maximum Gasteiger partial charge on any atom is 0.253 e. The van der Waals surface area contributed by atoms with Gasteiger partial charge in [-0.25, -0.2) is 0 Å². The van der Waals surface area contributed by atoms with Gasteiger partial charge in [0.2, 0.25) is 0 Å². The van der Waals surface area contributed by atoms with Crippen LogP contribution in [0.4, 0.5) is 0 Å². The maximum absolute atomic E-state index is 12.2. The second-order valence-electron chi connectivity index (χ2n) is 4.94. The molecule has 1 amide bonds. The van der Waals surface area contributed by atoms with E-state index in [0.717, 1.165) is 26.2 Å². The number of nitrogens with zero attached hydrogens (tertiary/aromatic N) is 1. The molecule has 1 aromatic carbocycles. The highest BCUT2D eigenvalue weighted by molar-refractivity contribution is 5.94. The number of nitrogens with one attached hydrogen (secondary N) is 1. The van der Waals surface area contributed by atoms with Crippen LogP contribution in [0.25, 0.3) is 0 Å². The van der Waals surface area contributed by atoms with Gasteiger partial charge >= 0.3 is 0 Å². The third-order valence-electron chi connectivity index (χ3n) is 3.79. The van der Waals surface area contributed by atoms with Crippen LogP contribution in [0.5, 0.6) is 5.75 Å². The fourth-order valence-electron chi connectivity index (χ4n) is 2.81.